The topological polar surface area (TPSA) is 86.7 Å². The van der Waals surface area contributed by atoms with Crippen LogP contribution in [0.1, 0.15) is 22.3 Å². The number of carbonyl (C=O) groups excluding carboxylic acids is 4. The first-order chi connectivity index (χ1) is 17.5. The van der Waals surface area contributed by atoms with Gasteiger partial charge in [-0.1, -0.05) is 60.7 Å². The molecule has 2 aliphatic heterocycles. The highest BCUT2D eigenvalue weighted by atomic mass is 16.6. The second-order valence-corrected chi connectivity index (χ2v) is 10.1. The van der Waals surface area contributed by atoms with E-state index in [9.17, 15) is 19.2 Å². The summed E-state index contributed by atoms with van der Waals surface area (Å²) in [5.74, 6) is -3.88. The summed E-state index contributed by atoms with van der Waals surface area (Å²) in [4.78, 5) is 50.4. The fourth-order valence-corrected chi connectivity index (χ4v) is 6.72. The molecule has 0 bridgehead atoms. The highest BCUT2D eigenvalue weighted by Gasteiger charge is 2.51. The van der Waals surface area contributed by atoms with Gasteiger partial charge in [0.25, 0.3) is 0 Å². The predicted molar refractivity (Wildman–Crippen MR) is 128 cm³/mol. The number of benzene rings is 3. The number of carbonyl (C=O) groups is 4. The van der Waals surface area contributed by atoms with Crippen LogP contribution in [0.4, 0.5) is 0 Å². The third kappa shape index (κ3) is 2.97. The maximum Gasteiger partial charge on any atom is 0.317 e. The number of hydrogen-bond acceptors (Lipinski definition) is 6. The van der Waals surface area contributed by atoms with Crippen molar-refractivity contribution in [3.05, 3.63) is 82.9 Å². The van der Waals surface area contributed by atoms with Crippen LogP contribution >= 0.6 is 0 Å². The molecule has 2 fully saturated rings. The van der Waals surface area contributed by atoms with Crippen LogP contribution in [0, 0.1) is 23.7 Å². The van der Waals surface area contributed by atoms with E-state index in [1.165, 1.54) is 0 Å². The van der Waals surface area contributed by atoms with Gasteiger partial charge in [-0.15, -0.1) is 0 Å². The molecule has 0 saturated carbocycles. The third-order valence-electron chi connectivity index (χ3n) is 8.34. The largest absolute Gasteiger partial charge is 0.393 e. The van der Waals surface area contributed by atoms with Crippen molar-refractivity contribution in [1.82, 2.24) is 0 Å². The summed E-state index contributed by atoms with van der Waals surface area (Å²) in [6.45, 7) is 0. The van der Waals surface area contributed by atoms with Crippen LogP contribution in [-0.4, -0.2) is 23.9 Å². The first kappa shape index (κ1) is 21.2. The Kier molecular flexibility index (Phi) is 4.55. The Morgan fingerprint density at radius 1 is 0.444 bits per heavy atom. The zero-order valence-corrected chi connectivity index (χ0v) is 19.4. The van der Waals surface area contributed by atoms with Gasteiger partial charge < -0.3 is 9.47 Å². The molecule has 3 aromatic rings. The van der Waals surface area contributed by atoms with Crippen molar-refractivity contribution in [2.75, 3.05) is 0 Å². The fraction of sp³-hybridized carbons (Fsp3) is 0.267. The number of fused-ring (bicyclic) bond motifs is 4. The molecular weight excluding hydrogens is 456 g/mol. The minimum absolute atomic E-state index is 0.402. The van der Waals surface area contributed by atoms with Crippen molar-refractivity contribution in [1.29, 1.82) is 0 Å². The first-order valence-electron chi connectivity index (χ1n) is 12.3. The molecule has 0 spiro atoms. The van der Waals surface area contributed by atoms with E-state index in [1.807, 2.05) is 60.7 Å². The van der Waals surface area contributed by atoms with Gasteiger partial charge in [0.1, 0.15) is 0 Å². The second-order valence-electron chi connectivity index (χ2n) is 10.1. The third-order valence-corrected chi connectivity index (χ3v) is 8.34. The molecule has 3 aromatic carbocycles. The Balaban J connectivity index is 1.56. The number of ether oxygens (including phenoxy) is 2. The zero-order chi connectivity index (χ0) is 24.6. The van der Waals surface area contributed by atoms with Crippen LogP contribution < -0.4 is 0 Å². The van der Waals surface area contributed by atoms with Crippen molar-refractivity contribution in [3.63, 3.8) is 0 Å². The summed E-state index contributed by atoms with van der Waals surface area (Å²) in [5.41, 5.74) is 8.14. The predicted octanol–water partition coefficient (Wildman–Crippen LogP) is 3.85. The maximum atomic E-state index is 12.6. The Morgan fingerprint density at radius 3 is 1.00 bits per heavy atom. The molecule has 7 rings (SSSR count). The average Bonchev–Trinajstić information content (AvgIpc) is 3.34. The van der Waals surface area contributed by atoms with Crippen LogP contribution in [0.15, 0.2) is 60.7 Å². The van der Waals surface area contributed by atoms with Gasteiger partial charge in [0.05, 0.1) is 23.7 Å². The standard InChI is InChI=1S/C30H22O6/c31-27-21-11-17-19(13-23(21)29(33)35-27)26(16-9-5-2-6-10-16)20-14-24-22(28(32)36-30(24)34)12-18(20)25(17)15-7-3-1-4-8-15/h1-10,21-24H,11-14H2. The lowest BCUT2D eigenvalue weighted by Gasteiger charge is -2.35. The fourth-order valence-electron chi connectivity index (χ4n) is 6.72. The highest BCUT2D eigenvalue weighted by molar-refractivity contribution is 6.00. The Morgan fingerprint density at radius 2 is 0.722 bits per heavy atom. The molecule has 6 nitrogen and oxygen atoms in total. The van der Waals surface area contributed by atoms with Crippen molar-refractivity contribution < 1.29 is 28.7 Å². The van der Waals surface area contributed by atoms with Gasteiger partial charge >= 0.3 is 23.9 Å². The number of esters is 4. The van der Waals surface area contributed by atoms with Gasteiger partial charge in [0, 0.05) is 0 Å². The molecule has 2 aliphatic carbocycles. The van der Waals surface area contributed by atoms with E-state index in [2.05, 4.69) is 0 Å². The molecule has 4 atom stereocenters. The molecule has 6 heteroatoms. The molecule has 0 amide bonds. The monoisotopic (exact) mass is 478 g/mol. The smallest absolute Gasteiger partial charge is 0.317 e. The minimum atomic E-state index is -0.511. The van der Waals surface area contributed by atoms with E-state index in [0.717, 1.165) is 44.5 Å². The Bertz CT molecular complexity index is 1290. The molecule has 0 radical (unpaired) electrons. The van der Waals surface area contributed by atoms with E-state index in [4.69, 9.17) is 9.47 Å². The summed E-state index contributed by atoms with van der Waals surface area (Å²) < 4.78 is 10.1. The lowest BCUT2D eigenvalue weighted by Crippen LogP contribution is -2.33. The average molecular weight is 479 g/mol. The molecular formula is C30H22O6. The molecule has 4 unspecified atom stereocenters. The molecule has 2 heterocycles. The van der Waals surface area contributed by atoms with E-state index in [1.54, 1.807) is 0 Å². The SMILES string of the molecule is O=C1OC(=O)C2Cc3c(c(-c4ccccc4)c4c(c3-c3ccccc3)CC3C(=O)OC(=O)C3C4)CC12. The molecule has 2 saturated heterocycles. The van der Waals surface area contributed by atoms with Crippen molar-refractivity contribution in [2.45, 2.75) is 25.7 Å². The summed E-state index contributed by atoms with van der Waals surface area (Å²) in [7, 11) is 0. The highest BCUT2D eigenvalue weighted by Crippen LogP contribution is 2.51. The lowest BCUT2D eigenvalue weighted by molar-refractivity contribution is -0.155. The van der Waals surface area contributed by atoms with Crippen molar-refractivity contribution in [3.8, 4) is 22.3 Å². The van der Waals surface area contributed by atoms with Gasteiger partial charge in [-0.3, -0.25) is 19.2 Å². The number of hydrogen-bond donors (Lipinski definition) is 0. The first-order valence-corrected chi connectivity index (χ1v) is 12.3. The van der Waals surface area contributed by atoms with Crippen LogP contribution in [0.3, 0.4) is 0 Å². The molecule has 0 N–H and O–H groups in total. The van der Waals surface area contributed by atoms with E-state index >= 15 is 0 Å². The van der Waals surface area contributed by atoms with E-state index in [0.29, 0.717) is 25.7 Å². The van der Waals surface area contributed by atoms with Crippen molar-refractivity contribution >= 4 is 23.9 Å². The van der Waals surface area contributed by atoms with E-state index < -0.39 is 47.5 Å². The summed E-state index contributed by atoms with van der Waals surface area (Å²) in [5, 5.41) is 0. The normalized spacial score (nSPS) is 26.0. The summed E-state index contributed by atoms with van der Waals surface area (Å²) >= 11 is 0. The number of rotatable bonds is 2. The Hall–Kier alpha value is -4.06. The van der Waals surface area contributed by atoms with Crippen LogP contribution in [-0.2, 0) is 54.3 Å². The van der Waals surface area contributed by atoms with Gasteiger partial charge in [-0.05, 0) is 70.2 Å². The van der Waals surface area contributed by atoms with Gasteiger partial charge in [-0.2, -0.15) is 0 Å². The van der Waals surface area contributed by atoms with E-state index in [-0.39, 0.29) is 0 Å². The molecule has 0 aromatic heterocycles. The summed E-state index contributed by atoms with van der Waals surface area (Å²) in [6.07, 6.45) is 1.61. The lowest BCUT2D eigenvalue weighted by atomic mass is 9.65. The zero-order valence-electron chi connectivity index (χ0n) is 19.4. The van der Waals surface area contributed by atoms with Gasteiger partial charge in [-0.25, -0.2) is 0 Å². The minimum Gasteiger partial charge on any atom is -0.393 e. The molecule has 36 heavy (non-hydrogen) atoms. The van der Waals surface area contributed by atoms with Crippen LogP contribution in [0.25, 0.3) is 22.3 Å². The second kappa shape index (κ2) is 7.72. The van der Waals surface area contributed by atoms with Gasteiger partial charge in [0.2, 0.25) is 0 Å². The van der Waals surface area contributed by atoms with Crippen molar-refractivity contribution in [2.24, 2.45) is 23.7 Å². The van der Waals surface area contributed by atoms with Crippen LogP contribution in [0.2, 0.25) is 0 Å². The maximum absolute atomic E-state index is 12.6. The quantitative estimate of drug-likeness (QED) is 0.411. The Labute approximate surface area is 207 Å². The summed E-state index contributed by atoms with van der Waals surface area (Å²) in [6, 6.07) is 19.9. The van der Waals surface area contributed by atoms with Gasteiger partial charge in [0.15, 0.2) is 0 Å². The van der Waals surface area contributed by atoms with Crippen LogP contribution in [0.5, 0.6) is 0 Å². The molecule has 4 aliphatic rings. The molecule has 178 valence electrons. The number of cyclic esters (lactones) is 4.